The fraction of sp³-hybridized carbons (Fsp3) is 0.444. The van der Waals surface area contributed by atoms with Crippen molar-refractivity contribution >= 4 is 28.6 Å². The van der Waals surface area contributed by atoms with Crippen molar-refractivity contribution in [3.63, 3.8) is 0 Å². The van der Waals surface area contributed by atoms with Gasteiger partial charge in [-0.05, 0) is 22.6 Å². The van der Waals surface area contributed by atoms with Crippen molar-refractivity contribution in [2.45, 2.75) is 24.9 Å². The molecule has 3 N–H and O–H groups in total. The summed E-state index contributed by atoms with van der Waals surface area (Å²) in [6, 6.07) is 0. The number of H-pyrrole nitrogens is 1. The fourth-order valence-electron chi connectivity index (χ4n) is 1.72. The van der Waals surface area contributed by atoms with Gasteiger partial charge in [-0.3, -0.25) is 14.3 Å². The molecule has 1 aromatic heterocycles. The molecular formula is C9H9IN2O6. The van der Waals surface area contributed by atoms with Gasteiger partial charge in [0.2, 0.25) is 0 Å². The molecule has 9 heteroatoms. The number of aliphatic carboxylic acids is 1. The van der Waals surface area contributed by atoms with Crippen molar-refractivity contribution in [2.24, 2.45) is 0 Å². The minimum Gasteiger partial charge on any atom is -0.479 e. The van der Waals surface area contributed by atoms with Crippen LogP contribution in [0.15, 0.2) is 15.8 Å². The molecule has 18 heavy (non-hydrogen) atoms. The van der Waals surface area contributed by atoms with Crippen molar-refractivity contribution < 1.29 is 19.7 Å². The number of rotatable bonds is 2. The molecule has 0 amide bonds. The van der Waals surface area contributed by atoms with Gasteiger partial charge >= 0.3 is 11.7 Å². The Labute approximate surface area is 113 Å². The summed E-state index contributed by atoms with van der Waals surface area (Å²) in [6.07, 6.45) is -2.23. The van der Waals surface area contributed by atoms with Gasteiger partial charge in [0.15, 0.2) is 6.10 Å². The number of aliphatic hydroxyl groups is 1. The van der Waals surface area contributed by atoms with Gasteiger partial charge in [-0.1, -0.05) is 0 Å². The Morgan fingerprint density at radius 2 is 2.22 bits per heavy atom. The van der Waals surface area contributed by atoms with Gasteiger partial charge in [0, 0.05) is 12.6 Å². The van der Waals surface area contributed by atoms with E-state index >= 15 is 0 Å². The first-order chi connectivity index (χ1) is 8.40. The van der Waals surface area contributed by atoms with Crippen molar-refractivity contribution in [3.05, 3.63) is 30.6 Å². The van der Waals surface area contributed by atoms with E-state index in [1.54, 1.807) is 22.6 Å². The molecule has 2 rings (SSSR count). The molecule has 0 saturated carbocycles. The van der Waals surface area contributed by atoms with Gasteiger partial charge in [0.1, 0.15) is 6.23 Å². The highest BCUT2D eigenvalue weighted by atomic mass is 127. The van der Waals surface area contributed by atoms with Crippen molar-refractivity contribution in [3.8, 4) is 0 Å². The molecule has 1 aliphatic heterocycles. The Bertz CT molecular complexity index is 593. The van der Waals surface area contributed by atoms with Gasteiger partial charge in [0.25, 0.3) is 5.56 Å². The number of ether oxygens (including phenoxy) is 1. The number of aliphatic hydroxyl groups excluding tert-OH is 1. The topological polar surface area (TPSA) is 122 Å². The molecule has 98 valence electrons. The maximum Gasteiger partial charge on any atom is 0.335 e. The zero-order chi connectivity index (χ0) is 13.4. The first kappa shape index (κ1) is 13.2. The van der Waals surface area contributed by atoms with E-state index in [4.69, 9.17) is 9.84 Å². The maximum absolute atomic E-state index is 11.6. The molecule has 1 fully saturated rings. The summed E-state index contributed by atoms with van der Waals surface area (Å²) in [5.41, 5.74) is -1.23. The number of halogens is 1. The molecule has 0 aliphatic carbocycles. The van der Waals surface area contributed by atoms with Crippen LogP contribution in [0.1, 0.15) is 12.6 Å². The van der Waals surface area contributed by atoms with Crippen LogP contribution >= 0.6 is 22.6 Å². The summed E-state index contributed by atoms with van der Waals surface area (Å²) in [6.45, 7) is 0. The summed E-state index contributed by atoms with van der Waals surface area (Å²) < 4.78 is 6.42. The predicted molar refractivity (Wildman–Crippen MR) is 66.2 cm³/mol. The lowest BCUT2D eigenvalue weighted by atomic mass is 10.2. The highest BCUT2D eigenvalue weighted by molar-refractivity contribution is 14.1. The predicted octanol–water partition coefficient (Wildman–Crippen LogP) is -1.13. The number of aromatic nitrogens is 2. The largest absolute Gasteiger partial charge is 0.479 e. The number of hydrogen-bond acceptors (Lipinski definition) is 5. The van der Waals surface area contributed by atoms with Crippen molar-refractivity contribution in [2.75, 3.05) is 0 Å². The molecule has 0 aromatic carbocycles. The third-order valence-corrected chi connectivity index (χ3v) is 3.34. The summed E-state index contributed by atoms with van der Waals surface area (Å²) in [5.74, 6) is -1.29. The monoisotopic (exact) mass is 368 g/mol. The molecule has 0 unspecified atom stereocenters. The quantitative estimate of drug-likeness (QED) is 0.569. The van der Waals surface area contributed by atoms with Crippen LogP contribution in [-0.4, -0.2) is 37.9 Å². The van der Waals surface area contributed by atoms with E-state index in [-0.39, 0.29) is 9.99 Å². The summed E-state index contributed by atoms with van der Waals surface area (Å²) in [5, 5.41) is 18.3. The van der Waals surface area contributed by atoms with E-state index in [0.717, 1.165) is 4.57 Å². The second kappa shape index (κ2) is 4.82. The molecule has 8 nitrogen and oxygen atoms in total. The molecule has 0 bridgehead atoms. The van der Waals surface area contributed by atoms with Crippen LogP contribution in [0.5, 0.6) is 0 Å². The van der Waals surface area contributed by atoms with Crippen LogP contribution < -0.4 is 11.2 Å². The van der Waals surface area contributed by atoms with Crippen LogP contribution in [0, 0.1) is 3.57 Å². The van der Waals surface area contributed by atoms with Gasteiger partial charge in [-0.15, -0.1) is 0 Å². The second-order valence-corrected chi connectivity index (χ2v) is 4.96. The highest BCUT2D eigenvalue weighted by Gasteiger charge is 2.40. The van der Waals surface area contributed by atoms with Crippen molar-refractivity contribution in [1.29, 1.82) is 0 Å². The van der Waals surface area contributed by atoms with Crippen molar-refractivity contribution in [1.82, 2.24) is 9.55 Å². The third-order valence-electron chi connectivity index (χ3n) is 2.57. The number of carboxylic acids is 1. The van der Waals surface area contributed by atoms with E-state index in [0.29, 0.717) is 0 Å². The molecule has 1 saturated heterocycles. The fourth-order valence-corrected chi connectivity index (χ4v) is 2.16. The molecule has 1 aliphatic rings. The molecule has 0 radical (unpaired) electrons. The summed E-state index contributed by atoms with van der Waals surface area (Å²) >= 11 is 1.74. The van der Waals surface area contributed by atoms with E-state index < -0.39 is 35.7 Å². The zero-order valence-corrected chi connectivity index (χ0v) is 11.0. The van der Waals surface area contributed by atoms with Crippen LogP contribution in [-0.2, 0) is 9.53 Å². The van der Waals surface area contributed by atoms with E-state index in [2.05, 4.69) is 4.98 Å². The third kappa shape index (κ3) is 2.33. The van der Waals surface area contributed by atoms with Gasteiger partial charge in [0.05, 0.1) is 9.67 Å². The minimum atomic E-state index is -1.37. The molecular weight excluding hydrogens is 359 g/mol. The first-order valence-electron chi connectivity index (χ1n) is 4.97. The summed E-state index contributed by atoms with van der Waals surface area (Å²) in [4.78, 5) is 35.6. The van der Waals surface area contributed by atoms with E-state index in [1.807, 2.05) is 0 Å². The Kier molecular flexibility index (Phi) is 3.54. The highest BCUT2D eigenvalue weighted by Crippen LogP contribution is 2.27. The smallest absolute Gasteiger partial charge is 0.335 e. The van der Waals surface area contributed by atoms with Gasteiger partial charge in [-0.2, -0.15) is 0 Å². The number of nitrogens with zero attached hydrogens (tertiary/aromatic N) is 1. The second-order valence-electron chi connectivity index (χ2n) is 3.80. The van der Waals surface area contributed by atoms with E-state index in [1.165, 1.54) is 6.20 Å². The Balaban J connectivity index is 2.35. The Hall–Kier alpha value is -1.20. The number of hydrogen-bond donors (Lipinski definition) is 3. The lowest BCUT2D eigenvalue weighted by Gasteiger charge is -2.13. The molecule has 2 heterocycles. The maximum atomic E-state index is 11.6. The van der Waals surface area contributed by atoms with Gasteiger partial charge in [-0.25, -0.2) is 9.59 Å². The number of carbonyl (C=O) groups is 1. The normalized spacial score (nSPS) is 27.3. The lowest BCUT2D eigenvalue weighted by molar-refractivity contribution is -0.155. The number of aromatic amines is 1. The minimum absolute atomic E-state index is 0.0288. The molecule has 3 atom stereocenters. The average Bonchev–Trinajstić information content (AvgIpc) is 2.65. The Morgan fingerprint density at radius 3 is 2.78 bits per heavy atom. The SMILES string of the molecule is O=C(O)[C@H]1O[C@@H](n2cc(I)c(=O)[nH]c2=O)C[C@@H]1O. The van der Waals surface area contributed by atoms with Crippen LogP contribution in [0.25, 0.3) is 0 Å². The number of carboxylic acid groups (broad SMARTS) is 1. The van der Waals surface area contributed by atoms with Crippen LogP contribution in [0.4, 0.5) is 0 Å². The molecule has 0 spiro atoms. The zero-order valence-electron chi connectivity index (χ0n) is 8.87. The van der Waals surface area contributed by atoms with Crippen LogP contribution in [0.3, 0.4) is 0 Å². The van der Waals surface area contributed by atoms with E-state index in [9.17, 15) is 19.5 Å². The first-order valence-corrected chi connectivity index (χ1v) is 6.05. The van der Waals surface area contributed by atoms with Crippen LogP contribution in [0.2, 0.25) is 0 Å². The molecule has 1 aromatic rings. The van der Waals surface area contributed by atoms with Gasteiger partial charge < -0.3 is 14.9 Å². The summed E-state index contributed by atoms with van der Waals surface area (Å²) in [7, 11) is 0. The number of nitrogens with one attached hydrogen (secondary N) is 1. The standard InChI is InChI=1S/C9H9IN2O6/c10-3-2-12(9(17)11-7(3)14)5-1-4(13)6(18-5)8(15)16/h2,4-6,13H,1H2,(H,15,16)(H,11,14,17)/t4-,5+,6-/m0/s1. The Morgan fingerprint density at radius 1 is 1.56 bits per heavy atom. The average molecular weight is 368 g/mol. The lowest BCUT2D eigenvalue weighted by Crippen LogP contribution is -2.34.